The minimum Gasteiger partial charge on any atom is -0.457 e. The molecule has 0 bridgehead atoms. The van der Waals surface area contributed by atoms with E-state index < -0.39 is 5.97 Å². The average Bonchev–Trinajstić information content (AvgIpc) is 2.67. The minimum atomic E-state index is -0.576. The van der Waals surface area contributed by atoms with Crippen LogP contribution in [0.15, 0.2) is 12.7 Å². The Kier molecular flexibility index (Phi) is 5.23. The van der Waals surface area contributed by atoms with Crippen LogP contribution in [0.25, 0.3) is 0 Å². The van der Waals surface area contributed by atoms with E-state index in [0.29, 0.717) is 5.69 Å². The second-order valence-corrected chi connectivity index (χ2v) is 4.29. The van der Waals surface area contributed by atoms with Crippen molar-refractivity contribution in [3.05, 3.63) is 24.0 Å². The lowest BCUT2D eigenvalue weighted by molar-refractivity contribution is -0.122. The van der Waals surface area contributed by atoms with Crippen LogP contribution in [-0.4, -0.2) is 39.5 Å². The van der Waals surface area contributed by atoms with Crippen LogP contribution < -0.4 is 5.32 Å². The van der Waals surface area contributed by atoms with Gasteiger partial charge in [0, 0.05) is 6.04 Å². The van der Waals surface area contributed by atoms with E-state index in [4.69, 9.17) is 4.74 Å². The predicted octanol–water partition coefficient (Wildman–Crippen LogP) is 0.454. The lowest BCUT2D eigenvalue weighted by atomic mass is 10.3. The van der Waals surface area contributed by atoms with Gasteiger partial charge in [0.15, 0.2) is 5.69 Å². The Morgan fingerprint density at radius 2 is 2.21 bits per heavy atom. The number of hydrogen-bond acceptors (Lipinski definition) is 5. The van der Waals surface area contributed by atoms with Crippen molar-refractivity contribution in [1.82, 2.24) is 20.3 Å². The number of hydrogen-bond donors (Lipinski definition) is 1. The summed E-state index contributed by atoms with van der Waals surface area (Å²) in [5, 5.41) is 10.2. The molecule has 0 spiro atoms. The van der Waals surface area contributed by atoms with Gasteiger partial charge >= 0.3 is 5.97 Å². The molecule has 19 heavy (non-hydrogen) atoms. The highest BCUT2D eigenvalue weighted by Gasteiger charge is 2.18. The van der Waals surface area contributed by atoms with Gasteiger partial charge in [0.2, 0.25) is 5.91 Å². The normalized spacial score (nSPS) is 10.3. The molecule has 0 aromatic carbocycles. The van der Waals surface area contributed by atoms with Gasteiger partial charge < -0.3 is 10.1 Å². The zero-order valence-corrected chi connectivity index (χ0v) is 11.3. The van der Waals surface area contributed by atoms with Crippen molar-refractivity contribution >= 4 is 11.9 Å². The molecule has 7 nitrogen and oxygen atoms in total. The lowest BCUT2D eigenvalue weighted by Gasteiger charge is -2.08. The molecule has 0 atom stereocenters. The molecule has 1 amide bonds. The summed E-state index contributed by atoms with van der Waals surface area (Å²) in [5.74, 6) is -0.762. The third kappa shape index (κ3) is 4.20. The molecule has 104 valence electrons. The van der Waals surface area contributed by atoms with Crippen molar-refractivity contribution in [2.45, 2.75) is 33.4 Å². The number of nitrogens with one attached hydrogen (secondary N) is 1. The second kappa shape index (κ2) is 6.67. The highest BCUT2D eigenvalue weighted by atomic mass is 16.5. The fraction of sp³-hybridized carbons (Fsp3) is 0.500. The molecule has 0 unspecified atom stereocenters. The van der Waals surface area contributed by atoms with Crippen molar-refractivity contribution in [3.8, 4) is 0 Å². The standard InChI is InChI=1S/C12H18N4O3/c1-5-6-19-12(18)11-9(4)16(15-14-11)7-10(17)13-8(2)3/h5,8H,1,6-7H2,2-4H3,(H,13,17). The van der Waals surface area contributed by atoms with Crippen LogP contribution in [0.1, 0.15) is 30.0 Å². The smallest absolute Gasteiger partial charge is 0.361 e. The fourth-order valence-electron chi connectivity index (χ4n) is 1.41. The first-order valence-electron chi connectivity index (χ1n) is 5.93. The van der Waals surface area contributed by atoms with Gasteiger partial charge in [-0.2, -0.15) is 0 Å². The molecule has 0 aliphatic rings. The van der Waals surface area contributed by atoms with Gasteiger partial charge in [-0.15, -0.1) is 5.10 Å². The molecule has 1 aromatic rings. The largest absolute Gasteiger partial charge is 0.457 e. The molecule has 0 aliphatic heterocycles. The van der Waals surface area contributed by atoms with E-state index in [-0.39, 0.29) is 30.8 Å². The van der Waals surface area contributed by atoms with Crippen LogP contribution >= 0.6 is 0 Å². The van der Waals surface area contributed by atoms with E-state index in [2.05, 4.69) is 22.2 Å². The Labute approximate surface area is 111 Å². The van der Waals surface area contributed by atoms with Crippen molar-refractivity contribution < 1.29 is 14.3 Å². The number of nitrogens with zero attached hydrogens (tertiary/aromatic N) is 3. The lowest BCUT2D eigenvalue weighted by Crippen LogP contribution is -2.33. The number of esters is 1. The Bertz CT molecular complexity index is 479. The Morgan fingerprint density at radius 3 is 2.79 bits per heavy atom. The molecule has 1 aromatic heterocycles. The van der Waals surface area contributed by atoms with E-state index in [1.165, 1.54) is 10.8 Å². The van der Waals surface area contributed by atoms with Crippen LogP contribution in [0.3, 0.4) is 0 Å². The van der Waals surface area contributed by atoms with E-state index in [1.54, 1.807) is 6.92 Å². The Balaban J connectivity index is 2.72. The number of aromatic nitrogens is 3. The van der Waals surface area contributed by atoms with Crippen LogP contribution in [0.4, 0.5) is 0 Å². The number of ether oxygens (including phenoxy) is 1. The molecule has 0 aliphatic carbocycles. The zero-order chi connectivity index (χ0) is 14.4. The highest BCUT2D eigenvalue weighted by Crippen LogP contribution is 2.05. The topological polar surface area (TPSA) is 86.1 Å². The molecular weight excluding hydrogens is 248 g/mol. The van der Waals surface area contributed by atoms with Crippen LogP contribution in [0.2, 0.25) is 0 Å². The summed E-state index contributed by atoms with van der Waals surface area (Å²) in [6, 6.07) is 0.0494. The molecule has 7 heteroatoms. The maximum atomic E-state index is 11.6. The molecule has 0 saturated carbocycles. The SMILES string of the molecule is C=CCOC(=O)c1nnn(CC(=O)NC(C)C)c1C. The number of carbonyl (C=O) groups excluding carboxylic acids is 2. The Hall–Kier alpha value is -2.18. The van der Waals surface area contributed by atoms with Gasteiger partial charge in [0.05, 0.1) is 5.69 Å². The van der Waals surface area contributed by atoms with E-state index in [1.807, 2.05) is 13.8 Å². The maximum Gasteiger partial charge on any atom is 0.361 e. The van der Waals surface area contributed by atoms with E-state index in [9.17, 15) is 9.59 Å². The molecule has 1 N–H and O–H groups in total. The van der Waals surface area contributed by atoms with Gasteiger partial charge in [-0.25, -0.2) is 9.48 Å². The summed E-state index contributed by atoms with van der Waals surface area (Å²) >= 11 is 0. The number of carbonyl (C=O) groups is 2. The van der Waals surface area contributed by atoms with Crippen LogP contribution in [0, 0.1) is 6.92 Å². The van der Waals surface area contributed by atoms with Gasteiger partial charge in [-0.1, -0.05) is 17.9 Å². The fourth-order valence-corrected chi connectivity index (χ4v) is 1.41. The number of rotatable bonds is 6. The van der Waals surface area contributed by atoms with Crippen molar-refractivity contribution in [1.29, 1.82) is 0 Å². The molecule has 0 fully saturated rings. The number of amides is 1. The maximum absolute atomic E-state index is 11.6. The third-order valence-electron chi connectivity index (χ3n) is 2.25. The van der Waals surface area contributed by atoms with Gasteiger partial charge in [0.1, 0.15) is 13.2 Å². The summed E-state index contributed by atoms with van der Waals surface area (Å²) in [5.41, 5.74) is 0.604. The van der Waals surface area contributed by atoms with E-state index in [0.717, 1.165) is 0 Å². The molecular formula is C12H18N4O3. The monoisotopic (exact) mass is 266 g/mol. The average molecular weight is 266 g/mol. The second-order valence-electron chi connectivity index (χ2n) is 4.29. The minimum absolute atomic E-state index is 0.0196. The first-order valence-corrected chi connectivity index (χ1v) is 5.93. The molecule has 0 saturated heterocycles. The highest BCUT2D eigenvalue weighted by molar-refractivity contribution is 5.88. The van der Waals surface area contributed by atoms with Gasteiger partial charge in [-0.3, -0.25) is 4.79 Å². The van der Waals surface area contributed by atoms with Gasteiger partial charge in [0.25, 0.3) is 0 Å². The van der Waals surface area contributed by atoms with Crippen LogP contribution in [-0.2, 0) is 16.1 Å². The summed E-state index contributed by atoms with van der Waals surface area (Å²) in [4.78, 5) is 23.2. The summed E-state index contributed by atoms with van der Waals surface area (Å²) in [7, 11) is 0. The molecule has 1 heterocycles. The van der Waals surface area contributed by atoms with Crippen molar-refractivity contribution in [2.75, 3.05) is 6.61 Å². The van der Waals surface area contributed by atoms with Crippen molar-refractivity contribution in [2.24, 2.45) is 0 Å². The first-order chi connectivity index (χ1) is 8.95. The molecule has 1 rings (SSSR count). The summed E-state index contributed by atoms with van der Waals surface area (Å²) in [6.45, 7) is 8.97. The van der Waals surface area contributed by atoms with Crippen LogP contribution in [0.5, 0.6) is 0 Å². The Morgan fingerprint density at radius 1 is 1.53 bits per heavy atom. The third-order valence-corrected chi connectivity index (χ3v) is 2.25. The summed E-state index contributed by atoms with van der Waals surface area (Å²) < 4.78 is 6.23. The predicted molar refractivity (Wildman–Crippen MR) is 68.5 cm³/mol. The molecule has 0 radical (unpaired) electrons. The van der Waals surface area contributed by atoms with Gasteiger partial charge in [-0.05, 0) is 20.8 Å². The summed E-state index contributed by atoms with van der Waals surface area (Å²) in [6.07, 6.45) is 1.47. The van der Waals surface area contributed by atoms with E-state index >= 15 is 0 Å². The first kappa shape index (κ1) is 14.9. The zero-order valence-electron chi connectivity index (χ0n) is 11.3. The quantitative estimate of drug-likeness (QED) is 0.597. The van der Waals surface area contributed by atoms with Crippen molar-refractivity contribution in [3.63, 3.8) is 0 Å².